The number of rotatable bonds is 1. The van der Waals surface area contributed by atoms with Crippen molar-refractivity contribution in [1.82, 2.24) is 9.97 Å². The van der Waals surface area contributed by atoms with Crippen molar-refractivity contribution in [3.8, 4) is 0 Å². The highest BCUT2D eigenvalue weighted by atomic mass is 16.6. The Morgan fingerprint density at radius 1 is 1.31 bits per heavy atom. The lowest BCUT2D eigenvalue weighted by Gasteiger charge is -2.41. The summed E-state index contributed by atoms with van der Waals surface area (Å²) in [7, 11) is 0. The second-order valence-electron chi connectivity index (χ2n) is 4.28. The molecule has 3 rings (SSSR count). The van der Waals surface area contributed by atoms with Gasteiger partial charge >= 0.3 is 0 Å². The van der Waals surface area contributed by atoms with E-state index in [4.69, 9.17) is 9.47 Å². The molecule has 86 valence electrons. The van der Waals surface area contributed by atoms with Gasteiger partial charge in [-0.05, 0) is 13.0 Å². The van der Waals surface area contributed by atoms with Crippen molar-refractivity contribution in [3.05, 3.63) is 18.1 Å². The largest absolute Gasteiger partial charge is 0.376 e. The Kier molecular flexibility index (Phi) is 2.49. The van der Waals surface area contributed by atoms with Crippen molar-refractivity contribution in [3.63, 3.8) is 0 Å². The Bertz CT molecular complexity index is 373. The second-order valence-corrected chi connectivity index (χ2v) is 4.28. The van der Waals surface area contributed by atoms with Gasteiger partial charge in [0.05, 0.1) is 25.4 Å². The van der Waals surface area contributed by atoms with Crippen LogP contribution < -0.4 is 4.90 Å². The molecule has 16 heavy (non-hydrogen) atoms. The van der Waals surface area contributed by atoms with E-state index in [2.05, 4.69) is 14.9 Å². The third kappa shape index (κ3) is 1.88. The van der Waals surface area contributed by atoms with E-state index in [1.807, 2.05) is 13.0 Å². The summed E-state index contributed by atoms with van der Waals surface area (Å²) in [5, 5.41) is 0. The predicted octanol–water partition coefficient (Wildman–Crippen LogP) is 0.389. The first-order valence-electron chi connectivity index (χ1n) is 5.59. The molecular weight excluding hydrogens is 206 g/mol. The molecule has 2 atom stereocenters. The zero-order chi connectivity index (χ0) is 11.0. The highest BCUT2D eigenvalue weighted by Crippen LogP contribution is 2.21. The summed E-state index contributed by atoms with van der Waals surface area (Å²) in [6, 6.07) is 1.95. The van der Waals surface area contributed by atoms with E-state index in [1.165, 1.54) is 0 Å². The molecular formula is C11H15N3O2. The average molecular weight is 221 g/mol. The maximum atomic E-state index is 5.79. The van der Waals surface area contributed by atoms with Crippen molar-refractivity contribution in [2.75, 3.05) is 31.2 Å². The van der Waals surface area contributed by atoms with Crippen LogP contribution in [-0.4, -0.2) is 48.5 Å². The van der Waals surface area contributed by atoms with Crippen LogP contribution in [0.3, 0.4) is 0 Å². The van der Waals surface area contributed by atoms with Gasteiger partial charge in [0.15, 0.2) is 0 Å². The molecule has 0 spiro atoms. The van der Waals surface area contributed by atoms with Gasteiger partial charge < -0.3 is 14.4 Å². The predicted molar refractivity (Wildman–Crippen MR) is 58.5 cm³/mol. The Morgan fingerprint density at radius 2 is 2.06 bits per heavy atom. The van der Waals surface area contributed by atoms with E-state index >= 15 is 0 Å². The van der Waals surface area contributed by atoms with E-state index in [0.29, 0.717) is 13.2 Å². The Hall–Kier alpha value is -1.20. The Labute approximate surface area is 94.4 Å². The van der Waals surface area contributed by atoms with E-state index in [-0.39, 0.29) is 12.2 Å². The zero-order valence-corrected chi connectivity index (χ0v) is 9.30. The molecule has 0 aliphatic carbocycles. The minimum absolute atomic E-state index is 0.183. The normalized spacial score (nSPS) is 29.2. The fourth-order valence-corrected chi connectivity index (χ4v) is 2.25. The molecule has 2 saturated heterocycles. The van der Waals surface area contributed by atoms with Crippen LogP contribution in [-0.2, 0) is 9.47 Å². The van der Waals surface area contributed by atoms with Crippen molar-refractivity contribution in [2.45, 2.75) is 19.1 Å². The van der Waals surface area contributed by atoms with Crippen LogP contribution >= 0.6 is 0 Å². The first-order valence-corrected chi connectivity index (χ1v) is 5.59. The summed E-state index contributed by atoms with van der Waals surface area (Å²) < 4.78 is 11.3. The molecule has 2 aliphatic heterocycles. The number of fused-ring (bicyclic) bond motifs is 2. The summed E-state index contributed by atoms with van der Waals surface area (Å²) >= 11 is 0. The molecule has 1 aromatic heterocycles. The van der Waals surface area contributed by atoms with E-state index < -0.39 is 0 Å². The Balaban J connectivity index is 1.80. The minimum Gasteiger partial charge on any atom is -0.376 e. The van der Waals surface area contributed by atoms with Crippen LogP contribution in [0, 0.1) is 6.92 Å². The number of nitrogens with zero attached hydrogens (tertiary/aromatic N) is 3. The number of aromatic nitrogens is 2. The van der Waals surface area contributed by atoms with E-state index in [1.54, 1.807) is 6.20 Å². The van der Waals surface area contributed by atoms with Crippen LogP contribution in [0.4, 0.5) is 5.82 Å². The zero-order valence-electron chi connectivity index (χ0n) is 9.30. The van der Waals surface area contributed by atoms with E-state index in [9.17, 15) is 0 Å². The summed E-state index contributed by atoms with van der Waals surface area (Å²) in [5.74, 6) is 1.80. The van der Waals surface area contributed by atoms with Gasteiger partial charge in [0.1, 0.15) is 11.6 Å². The number of hydrogen-bond acceptors (Lipinski definition) is 5. The molecule has 1 aromatic rings. The molecule has 2 aliphatic rings. The lowest BCUT2D eigenvalue weighted by molar-refractivity contribution is -0.144. The van der Waals surface area contributed by atoms with Gasteiger partial charge in [-0.25, -0.2) is 9.97 Å². The summed E-state index contributed by atoms with van der Waals surface area (Å²) in [4.78, 5) is 10.8. The molecule has 0 amide bonds. The van der Waals surface area contributed by atoms with Crippen LogP contribution in [0.25, 0.3) is 0 Å². The van der Waals surface area contributed by atoms with Gasteiger partial charge in [-0.2, -0.15) is 0 Å². The standard InChI is InChI=1S/C11H15N3O2/c1-8-12-3-2-11(13-8)14-4-9-6-15-7-10(5-14)16-9/h2-3,9-10H,4-7H2,1H3. The molecule has 0 N–H and O–H groups in total. The van der Waals surface area contributed by atoms with Crippen LogP contribution in [0.1, 0.15) is 5.82 Å². The number of morpholine rings is 1. The van der Waals surface area contributed by atoms with Gasteiger partial charge in [-0.15, -0.1) is 0 Å². The van der Waals surface area contributed by atoms with Crippen LogP contribution in [0.2, 0.25) is 0 Å². The molecule has 0 radical (unpaired) electrons. The maximum Gasteiger partial charge on any atom is 0.132 e. The van der Waals surface area contributed by atoms with Crippen LogP contribution in [0.5, 0.6) is 0 Å². The molecule has 2 fully saturated rings. The maximum absolute atomic E-state index is 5.79. The molecule has 5 nitrogen and oxygen atoms in total. The van der Waals surface area contributed by atoms with Gasteiger partial charge in [0.25, 0.3) is 0 Å². The molecule has 3 heterocycles. The van der Waals surface area contributed by atoms with E-state index in [0.717, 1.165) is 24.7 Å². The third-order valence-electron chi connectivity index (χ3n) is 2.93. The van der Waals surface area contributed by atoms with Crippen molar-refractivity contribution in [1.29, 1.82) is 0 Å². The smallest absolute Gasteiger partial charge is 0.132 e. The average Bonchev–Trinajstić information content (AvgIpc) is 2.28. The first kappa shape index (κ1) is 9.99. The monoisotopic (exact) mass is 221 g/mol. The summed E-state index contributed by atoms with van der Waals surface area (Å²) in [5.41, 5.74) is 0. The third-order valence-corrected chi connectivity index (χ3v) is 2.93. The van der Waals surface area contributed by atoms with Crippen molar-refractivity contribution in [2.24, 2.45) is 0 Å². The Morgan fingerprint density at radius 3 is 2.75 bits per heavy atom. The number of ether oxygens (including phenoxy) is 2. The molecule has 0 saturated carbocycles. The lowest BCUT2D eigenvalue weighted by Crippen LogP contribution is -2.54. The topological polar surface area (TPSA) is 47.5 Å². The van der Waals surface area contributed by atoms with Gasteiger partial charge in [-0.1, -0.05) is 0 Å². The first-order chi connectivity index (χ1) is 7.81. The van der Waals surface area contributed by atoms with Crippen LogP contribution in [0.15, 0.2) is 12.3 Å². The molecule has 2 unspecified atom stereocenters. The van der Waals surface area contributed by atoms with Gasteiger partial charge in [0, 0.05) is 19.3 Å². The lowest BCUT2D eigenvalue weighted by atomic mass is 10.2. The second kappa shape index (κ2) is 3.99. The van der Waals surface area contributed by atoms with Gasteiger partial charge in [0.2, 0.25) is 0 Å². The highest BCUT2D eigenvalue weighted by Gasteiger charge is 2.32. The fraction of sp³-hybridized carbons (Fsp3) is 0.636. The molecule has 5 heteroatoms. The molecule has 2 bridgehead atoms. The fourth-order valence-electron chi connectivity index (χ4n) is 2.25. The number of hydrogen-bond donors (Lipinski definition) is 0. The summed E-state index contributed by atoms with van der Waals surface area (Å²) in [6.07, 6.45) is 2.17. The number of aryl methyl sites for hydroxylation is 1. The van der Waals surface area contributed by atoms with Crippen molar-refractivity contribution < 1.29 is 9.47 Å². The molecule has 0 aromatic carbocycles. The quantitative estimate of drug-likeness (QED) is 0.686. The summed E-state index contributed by atoms with van der Waals surface area (Å²) in [6.45, 7) is 5.00. The highest BCUT2D eigenvalue weighted by molar-refractivity contribution is 5.38. The minimum atomic E-state index is 0.183. The SMILES string of the molecule is Cc1nccc(N2CC3COCC(C2)O3)n1. The van der Waals surface area contributed by atoms with Crippen molar-refractivity contribution >= 4 is 5.82 Å². The van der Waals surface area contributed by atoms with Gasteiger partial charge in [-0.3, -0.25) is 0 Å². The number of anilines is 1.